The Morgan fingerprint density at radius 3 is 2.79 bits per heavy atom. The van der Waals surface area contributed by atoms with E-state index in [1.165, 1.54) is 25.3 Å². The molecule has 5 nitrogen and oxygen atoms in total. The predicted octanol–water partition coefficient (Wildman–Crippen LogP) is -0.306. The lowest BCUT2D eigenvalue weighted by molar-refractivity contribution is -0.116. The van der Waals surface area contributed by atoms with E-state index >= 15 is 0 Å². The molecule has 0 bridgehead atoms. The van der Waals surface area contributed by atoms with Gasteiger partial charge in [-0.05, 0) is 13.0 Å². The number of H-pyrrole nitrogens is 1. The van der Waals surface area contributed by atoms with Crippen LogP contribution in [-0.2, 0) is 4.79 Å². The minimum Gasteiger partial charge on any atom is -0.345 e. The van der Waals surface area contributed by atoms with Gasteiger partial charge in [-0.3, -0.25) is 14.4 Å². The molecule has 0 fully saturated rings. The molecule has 1 aromatic rings. The van der Waals surface area contributed by atoms with Crippen molar-refractivity contribution in [2.45, 2.75) is 6.92 Å². The molecule has 1 amide bonds. The van der Waals surface area contributed by atoms with Crippen molar-refractivity contribution in [2.75, 3.05) is 6.54 Å². The highest BCUT2D eigenvalue weighted by molar-refractivity contribution is 5.96. The fourth-order valence-electron chi connectivity index (χ4n) is 0.893. The van der Waals surface area contributed by atoms with Crippen LogP contribution in [-0.4, -0.2) is 23.2 Å². The lowest BCUT2D eigenvalue weighted by atomic mass is 10.2. The summed E-state index contributed by atoms with van der Waals surface area (Å²) in [4.78, 5) is 35.1. The molecule has 0 atom stereocenters. The monoisotopic (exact) mass is 194 g/mol. The van der Waals surface area contributed by atoms with Crippen LogP contribution in [0.1, 0.15) is 17.3 Å². The fourth-order valence-corrected chi connectivity index (χ4v) is 0.893. The van der Waals surface area contributed by atoms with E-state index in [0.717, 1.165) is 0 Å². The highest BCUT2D eigenvalue weighted by Gasteiger charge is 2.05. The fraction of sp³-hybridized carbons (Fsp3) is 0.222. The third kappa shape index (κ3) is 2.85. The number of hydrogen-bond donors (Lipinski definition) is 2. The van der Waals surface area contributed by atoms with Gasteiger partial charge in [-0.1, -0.05) is 0 Å². The first kappa shape index (κ1) is 10.2. The van der Waals surface area contributed by atoms with Crippen molar-refractivity contribution >= 4 is 11.7 Å². The molecular weight excluding hydrogens is 184 g/mol. The number of aromatic nitrogens is 1. The van der Waals surface area contributed by atoms with Gasteiger partial charge < -0.3 is 10.3 Å². The number of carbonyl (C=O) groups is 2. The van der Waals surface area contributed by atoms with E-state index in [4.69, 9.17) is 0 Å². The van der Waals surface area contributed by atoms with E-state index in [9.17, 15) is 14.4 Å². The Balaban J connectivity index is 2.70. The maximum Gasteiger partial charge on any atom is 0.251 e. The molecule has 5 heteroatoms. The van der Waals surface area contributed by atoms with Crippen LogP contribution in [0, 0.1) is 0 Å². The van der Waals surface area contributed by atoms with Gasteiger partial charge in [0.25, 0.3) is 5.91 Å². The van der Waals surface area contributed by atoms with Gasteiger partial charge in [-0.15, -0.1) is 0 Å². The minimum absolute atomic E-state index is 0.0222. The molecule has 0 aliphatic heterocycles. The molecule has 2 N–H and O–H groups in total. The number of nitrogens with one attached hydrogen (secondary N) is 2. The molecule has 0 saturated heterocycles. The van der Waals surface area contributed by atoms with Gasteiger partial charge >= 0.3 is 0 Å². The molecule has 1 aromatic heterocycles. The molecule has 0 unspecified atom stereocenters. The number of hydrogen-bond acceptors (Lipinski definition) is 3. The zero-order valence-electron chi connectivity index (χ0n) is 7.66. The van der Waals surface area contributed by atoms with Crippen LogP contribution in [0.5, 0.6) is 0 Å². The summed E-state index contributed by atoms with van der Waals surface area (Å²) >= 11 is 0. The second-order valence-electron chi connectivity index (χ2n) is 2.83. The van der Waals surface area contributed by atoms with Gasteiger partial charge in [-0.25, -0.2) is 0 Å². The highest BCUT2D eigenvalue weighted by atomic mass is 16.2. The van der Waals surface area contributed by atoms with Crippen molar-refractivity contribution in [3.8, 4) is 0 Å². The molecule has 14 heavy (non-hydrogen) atoms. The first-order valence-corrected chi connectivity index (χ1v) is 4.06. The molecule has 74 valence electrons. The van der Waals surface area contributed by atoms with Gasteiger partial charge in [0.05, 0.1) is 6.54 Å². The Bertz CT molecular complexity index is 409. The minimum atomic E-state index is -0.425. The summed E-state index contributed by atoms with van der Waals surface area (Å²) in [5.41, 5.74) is -0.101. The van der Waals surface area contributed by atoms with Crippen molar-refractivity contribution in [3.05, 3.63) is 34.2 Å². The largest absolute Gasteiger partial charge is 0.345 e. The van der Waals surface area contributed by atoms with Gasteiger partial charge in [0.2, 0.25) is 5.56 Å². The van der Waals surface area contributed by atoms with E-state index in [-0.39, 0.29) is 23.5 Å². The van der Waals surface area contributed by atoms with E-state index in [0.29, 0.717) is 0 Å². The van der Waals surface area contributed by atoms with Crippen molar-refractivity contribution in [3.63, 3.8) is 0 Å². The van der Waals surface area contributed by atoms with Crippen molar-refractivity contribution in [1.82, 2.24) is 10.3 Å². The first-order chi connectivity index (χ1) is 6.59. The van der Waals surface area contributed by atoms with E-state index < -0.39 is 5.91 Å². The second-order valence-corrected chi connectivity index (χ2v) is 2.83. The molecule has 0 aliphatic rings. The number of rotatable bonds is 3. The molecule has 1 rings (SSSR count). The van der Waals surface area contributed by atoms with E-state index in [2.05, 4.69) is 10.3 Å². The molecule has 0 saturated carbocycles. The van der Waals surface area contributed by atoms with Crippen LogP contribution in [0.2, 0.25) is 0 Å². The summed E-state index contributed by atoms with van der Waals surface area (Å²) in [7, 11) is 0. The topological polar surface area (TPSA) is 79.0 Å². The van der Waals surface area contributed by atoms with Crippen molar-refractivity contribution in [1.29, 1.82) is 0 Å². The second kappa shape index (κ2) is 4.36. The Hall–Kier alpha value is -1.91. The Kier molecular flexibility index (Phi) is 3.17. The summed E-state index contributed by atoms with van der Waals surface area (Å²) in [5.74, 6) is -0.561. The van der Waals surface area contributed by atoms with Gasteiger partial charge in [0.15, 0.2) is 0 Å². The highest BCUT2D eigenvalue weighted by Crippen LogP contribution is 1.91. The molecule has 0 spiro atoms. The SMILES string of the molecule is CC(=O)CNC(=O)c1cc[nH]c(=O)c1. The molecular formula is C9H10N2O3. The number of Topliss-reactive ketones (excluding diaryl/α,β-unsaturated/α-hetero) is 1. The van der Waals surface area contributed by atoms with Crippen LogP contribution in [0.15, 0.2) is 23.1 Å². The van der Waals surface area contributed by atoms with Crippen LogP contribution in [0.3, 0.4) is 0 Å². The van der Waals surface area contributed by atoms with Gasteiger partial charge in [-0.2, -0.15) is 0 Å². The number of pyridine rings is 1. The average molecular weight is 194 g/mol. The van der Waals surface area contributed by atoms with E-state index in [1.54, 1.807) is 0 Å². The van der Waals surface area contributed by atoms with Crippen LogP contribution < -0.4 is 10.9 Å². The quantitative estimate of drug-likeness (QED) is 0.693. The normalized spacial score (nSPS) is 9.50. The third-order valence-corrected chi connectivity index (χ3v) is 1.54. The number of carbonyl (C=O) groups excluding carboxylic acids is 2. The molecule has 1 heterocycles. The molecule has 0 aliphatic carbocycles. The Morgan fingerprint density at radius 1 is 1.50 bits per heavy atom. The zero-order chi connectivity index (χ0) is 10.6. The first-order valence-electron chi connectivity index (χ1n) is 4.06. The van der Waals surface area contributed by atoms with Crippen molar-refractivity contribution < 1.29 is 9.59 Å². The van der Waals surface area contributed by atoms with Crippen LogP contribution in [0.4, 0.5) is 0 Å². The van der Waals surface area contributed by atoms with Gasteiger partial charge in [0, 0.05) is 17.8 Å². The number of aromatic amines is 1. The Labute approximate surface area is 80.1 Å². The Morgan fingerprint density at radius 2 is 2.21 bits per heavy atom. The lowest BCUT2D eigenvalue weighted by Crippen LogP contribution is -2.29. The zero-order valence-corrected chi connectivity index (χ0v) is 7.66. The maximum absolute atomic E-state index is 11.3. The smallest absolute Gasteiger partial charge is 0.251 e. The number of amides is 1. The van der Waals surface area contributed by atoms with Crippen LogP contribution in [0.25, 0.3) is 0 Å². The maximum atomic E-state index is 11.3. The summed E-state index contributed by atoms with van der Waals surface area (Å²) in [6, 6.07) is 2.65. The predicted molar refractivity (Wildman–Crippen MR) is 50.1 cm³/mol. The third-order valence-electron chi connectivity index (χ3n) is 1.54. The summed E-state index contributed by atoms with van der Waals surface area (Å²) in [6.45, 7) is 1.35. The van der Waals surface area contributed by atoms with Crippen LogP contribution >= 0.6 is 0 Å². The van der Waals surface area contributed by atoms with Crippen molar-refractivity contribution in [2.24, 2.45) is 0 Å². The lowest BCUT2D eigenvalue weighted by Gasteiger charge is -2.01. The molecule has 0 radical (unpaired) electrons. The number of ketones is 1. The summed E-state index contributed by atoms with van der Waals surface area (Å²) in [5, 5.41) is 2.38. The standard InChI is InChI=1S/C9H10N2O3/c1-6(12)5-11-9(14)7-2-3-10-8(13)4-7/h2-4H,5H2,1H3,(H,10,13)(H,11,14). The van der Waals surface area contributed by atoms with Gasteiger partial charge in [0.1, 0.15) is 5.78 Å². The summed E-state index contributed by atoms with van der Waals surface area (Å²) < 4.78 is 0. The van der Waals surface area contributed by atoms with E-state index in [1.807, 2.05) is 0 Å². The summed E-state index contributed by atoms with van der Waals surface area (Å²) in [6.07, 6.45) is 1.38. The average Bonchev–Trinajstić information content (AvgIpc) is 2.14. The molecule has 0 aromatic carbocycles.